The summed E-state index contributed by atoms with van der Waals surface area (Å²) in [5.74, 6) is 0. The van der Waals surface area contributed by atoms with Crippen LogP contribution in [0, 0.1) is 0 Å². The summed E-state index contributed by atoms with van der Waals surface area (Å²) in [6.07, 6.45) is 0. The molecule has 0 bridgehead atoms. The Bertz CT molecular complexity index is 239. The van der Waals surface area contributed by atoms with Crippen LogP contribution in [0.4, 0.5) is 0 Å². The van der Waals surface area contributed by atoms with Crippen molar-refractivity contribution in [1.82, 2.24) is 0 Å². The van der Waals surface area contributed by atoms with Gasteiger partial charge in [0.1, 0.15) is 0 Å². The van der Waals surface area contributed by atoms with Crippen molar-refractivity contribution in [2.75, 3.05) is 0 Å². The molecular formula is CdCoP3S. The van der Waals surface area contributed by atoms with E-state index >= 15 is 0 Å². The first kappa shape index (κ1) is 11.7. The summed E-state index contributed by atoms with van der Waals surface area (Å²) >= 11 is 0.733. The minimum atomic E-state index is -0.521. The molecule has 32 valence electrons. The van der Waals surface area contributed by atoms with Gasteiger partial charge in [-0.1, -0.05) is 0 Å². The van der Waals surface area contributed by atoms with Gasteiger partial charge in [0.2, 0.25) is 0 Å². The number of hydrogen-bond acceptors (Lipinski definition) is 1. The Labute approximate surface area is 63.7 Å². The van der Waals surface area contributed by atoms with Crippen LogP contribution >= 0.6 is 30.6 Å². The van der Waals surface area contributed by atoms with Crippen LogP contribution in [0.15, 0.2) is 0 Å². The molecule has 0 fully saturated rings. The van der Waals surface area contributed by atoms with Crippen molar-refractivity contribution in [2.24, 2.45) is 0 Å². The molecule has 6 heavy (non-hydrogen) atoms. The Morgan fingerprint density at radius 1 is 1.17 bits per heavy atom. The molecule has 0 aliphatic rings. The second kappa shape index (κ2) is 10.8. The third-order valence-electron chi connectivity index (χ3n) is 0. The third kappa shape index (κ3) is 28.3. The Morgan fingerprint density at radius 2 is 1.17 bits per heavy atom. The first-order valence-corrected chi connectivity index (χ1v) is 11.3. The Hall–Kier alpha value is 2.94. The van der Waals surface area contributed by atoms with Crippen molar-refractivity contribution < 1.29 is 34.0 Å². The molecule has 0 nitrogen and oxygen atoms in total. The summed E-state index contributed by atoms with van der Waals surface area (Å²) in [5, 5.41) is 0. The van der Waals surface area contributed by atoms with E-state index in [0.717, 1.165) is 23.7 Å². The van der Waals surface area contributed by atoms with Crippen LogP contribution in [0.3, 0.4) is 0 Å². The monoisotopic (exact) mass is 298 g/mol. The van der Waals surface area contributed by atoms with E-state index in [0.29, 0.717) is 0 Å². The predicted octanol–water partition coefficient (Wildman–Crippen LogP) is 3.23. The maximum atomic E-state index is 4.25. The second-order valence-electron chi connectivity index (χ2n) is 0.200. The van der Waals surface area contributed by atoms with Crippen LogP contribution < -0.4 is 0 Å². The van der Waals surface area contributed by atoms with Crippen LogP contribution in [0.1, 0.15) is 0 Å². The Kier molecular flexibility index (Phi) is 21.1. The van der Waals surface area contributed by atoms with Crippen molar-refractivity contribution in [3.05, 3.63) is 0 Å². The van der Waals surface area contributed by atoms with Crippen molar-refractivity contribution in [2.45, 2.75) is 0 Å². The van der Waals surface area contributed by atoms with Gasteiger partial charge in [0, 0.05) is 0 Å². The molecule has 0 unspecified atom stereocenters. The van der Waals surface area contributed by atoms with Crippen molar-refractivity contribution >= 4 is 30.6 Å². The standard InChI is InChI=1S/Cd.Co.3P.S. The van der Waals surface area contributed by atoms with E-state index in [1.54, 1.807) is 0 Å². The average Bonchev–Trinajstić information content (AvgIpc) is 1.41. The molecule has 0 radical (unpaired) electrons. The molecule has 0 N–H and O–H groups in total. The average molecular weight is 296 g/mol. The van der Waals surface area contributed by atoms with Crippen LogP contribution in [0.25, 0.3) is 0 Å². The van der Waals surface area contributed by atoms with Crippen LogP contribution in [-0.2, 0) is 34.0 Å². The Balaban J connectivity index is 0. The van der Waals surface area contributed by atoms with E-state index in [2.05, 4.69) is 30.6 Å². The van der Waals surface area contributed by atoms with Crippen LogP contribution in [-0.4, -0.2) is 0 Å². The van der Waals surface area contributed by atoms with Gasteiger partial charge < -0.3 is 0 Å². The molecule has 0 saturated carbocycles. The summed E-state index contributed by atoms with van der Waals surface area (Å²) in [4.78, 5) is 0. The summed E-state index contributed by atoms with van der Waals surface area (Å²) in [5.41, 5.74) is 0. The SMILES string of the molecule is [P]#[Co](#[P])#[P].[S]=[Cd]. The maximum absolute atomic E-state index is 4.25. The molecule has 6 heteroatoms. The van der Waals surface area contributed by atoms with Gasteiger partial charge in [-0.05, 0) is 0 Å². The van der Waals surface area contributed by atoms with Crippen molar-refractivity contribution in [3.63, 3.8) is 0 Å². The first-order valence-electron chi connectivity index (χ1n) is 0.736. The predicted molar refractivity (Wildman–Crippen MR) is 28.4 cm³/mol. The minimum absolute atomic E-state index is 0.521. The molecule has 0 aromatic carbocycles. The summed E-state index contributed by atoms with van der Waals surface area (Å²) < 4.78 is 0. The van der Waals surface area contributed by atoms with Gasteiger partial charge in [0.25, 0.3) is 0 Å². The first-order chi connectivity index (χ1) is 2.73. The van der Waals surface area contributed by atoms with E-state index in [1.165, 1.54) is 0 Å². The van der Waals surface area contributed by atoms with Gasteiger partial charge in [-0.25, -0.2) is 0 Å². The molecule has 0 aromatic heterocycles. The van der Waals surface area contributed by atoms with Gasteiger partial charge in [0.15, 0.2) is 0 Å². The molecular weight excluding hydrogens is 296 g/mol. The van der Waals surface area contributed by atoms with E-state index in [9.17, 15) is 0 Å². The fraction of sp³-hybridized carbons (Fsp3) is 0. The third-order valence-corrected chi connectivity index (χ3v) is 0. The normalized spacial score (nSPS) is 4.50. The van der Waals surface area contributed by atoms with Crippen molar-refractivity contribution in [1.29, 1.82) is 0 Å². The Morgan fingerprint density at radius 3 is 1.17 bits per heavy atom. The molecule has 0 aliphatic carbocycles. The summed E-state index contributed by atoms with van der Waals surface area (Å²) in [6.45, 7) is 0. The number of hydrogen-bond donors (Lipinski definition) is 0. The quantitative estimate of drug-likeness (QED) is 0.488. The van der Waals surface area contributed by atoms with E-state index < -0.39 is 10.3 Å². The van der Waals surface area contributed by atoms with Gasteiger partial charge in [0.05, 0.1) is 0 Å². The van der Waals surface area contributed by atoms with Crippen LogP contribution in [0.2, 0.25) is 0 Å². The molecule has 0 atom stereocenters. The molecule has 0 amide bonds. The van der Waals surface area contributed by atoms with Gasteiger partial charge in [-0.2, -0.15) is 0 Å². The zero-order valence-corrected chi connectivity index (χ0v) is 11.4. The molecule has 0 rings (SSSR count). The summed E-state index contributed by atoms with van der Waals surface area (Å²) in [6, 6.07) is 0. The fourth-order valence-corrected chi connectivity index (χ4v) is 0. The van der Waals surface area contributed by atoms with E-state index in [1.807, 2.05) is 0 Å². The van der Waals surface area contributed by atoms with Gasteiger partial charge in [-0.15, -0.1) is 0 Å². The van der Waals surface area contributed by atoms with E-state index in [4.69, 9.17) is 0 Å². The molecule has 0 saturated heterocycles. The van der Waals surface area contributed by atoms with Gasteiger partial charge >= 0.3 is 64.6 Å². The zero-order valence-electron chi connectivity index (χ0n) is 2.79. The van der Waals surface area contributed by atoms with E-state index in [-0.39, 0.29) is 0 Å². The molecule has 0 heterocycles. The topological polar surface area (TPSA) is 0 Å². The van der Waals surface area contributed by atoms with Gasteiger partial charge in [-0.3, -0.25) is 0 Å². The molecule has 0 aliphatic heterocycles. The molecule has 0 aromatic rings. The fourth-order valence-electron chi connectivity index (χ4n) is 0. The second-order valence-corrected chi connectivity index (χ2v) is 7.42. The van der Waals surface area contributed by atoms with Crippen molar-refractivity contribution in [3.8, 4) is 0 Å². The van der Waals surface area contributed by atoms with Crippen LogP contribution in [0.5, 0.6) is 0 Å². The summed E-state index contributed by atoms with van der Waals surface area (Å²) in [7, 11) is 15.0. The zero-order chi connectivity index (χ0) is 5.58. The number of rotatable bonds is 0. The molecule has 0 spiro atoms.